The fourth-order valence-corrected chi connectivity index (χ4v) is 3.74. The van der Waals surface area contributed by atoms with Gasteiger partial charge in [-0.15, -0.1) is 0 Å². The molecule has 0 spiro atoms. The van der Waals surface area contributed by atoms with E-state index in [4.69, 9.17) is 11.6 Å². The van der Waals surface area contributed by atoms with Gasteiger partial charge < -0.3 is 0 Å². The largest absolute Gasteiger partial charge is 0.416 e. The van der Waals surface area contributed by atoms with Crippen molar-refractivity contribution in [1.82, 2.24) is 0 Å². The van der Waals surface area contributed by atoms with Crippen molar-refractivity contribution in [2.45, 2.75) is 16.3 Å². The molecule has 8 heteroatoms. The lowest BCUT2D eigenvalue weighted by Crippen LogP contribution is -2.13. The number of benzene rings is 2. The second kappa shape index (κ2) is 6.22. The predicted molar refractivity (Wildman–Crippen MR) is 78.4 cm³/mol. The molecule has 2 aromatic rings. The minimum Gasteiger partial charge on any atom is -0.222 e. The van der Waals surface area contributed by atoms with E-state index in [0.29, 0.717) is 12.1 Å². The average molecular weight is 360 g/mol. The van der Waals surface area contributed by atoms with Gasteiger partial charge in [-0.2, -0.15) is 18.4 Å². The molecule has 1 atom stereocenters. The molecule has 0 aliphatic carbocycles. The first-order valence-corrected chi connectivity index (χ1v) is 8.15. The van der Waals surface area contributed by atoms with Gasteiger partial charge in [0.15, 0.2) is 15.1 Å². The van der Waals surface area contributed by atoms with Crippen LogP contribution in [0.25, 0.3) is 0 Å². The maximum Gasteiger partial charge on any atom is 0.416 e. The van der Waals surface area contributed by atoms with E-state index in [0.717, 1.165) is 12.1 Å². The minimum atomic E-state index is -4.57. The molecule has 120 valence electrons. The van der Waals surface area contributed by atoms with E-state index in [1.807, 2.05) is 0 Å². The van der Waals surface area contributed by atoms with Crippen LogP contribution in [0, 0.1) is 11.3 Å². The van der Waals surface area contributed by atoms with E-state index in [1.165, 1.54) is 18.2 Å². The van der Waals surface area contributed by atoms with Gasteiger partial charge in [-0.1, -0.05) is 29.8 Å². The molecule has 0 radical (unpaired) electrons. The Morgan fingerprint density at radius 3 is 2.09 bits per heavy atom. The third-order valence-corrected chi connectivity index (χ3v) is 5.38. The lowest BCUT2D eigenvalue weighted by molar-refractivity contribution is -0.137. The van der Waals surface area contributed by atoms with Crippen molar-refractivity contribution in [2.75, 3.05) is 0 Å². The summed E-state index contributed by atoms with van der Waals surface area (Å²) in [6.45, 7) is 0. The SMILES string of the molecule is N#CC(c1ccccc1Cl)S(=O)(=O)c1ccc(C(F)(F)F)cc1. The number of sulfone groups is 1. The molecule has 0 saturated carbocycles. The second-order valence-electron chi connectivity index (χ2n) is 4.60. The van der Waals surface area contributed by atoms with Gasteiger partial charge in [-0.25, -0.2) is 8.42 Å². The van der Waals surface area contributed by atoms with E-state index in [-0.39, 0.29) is 15.5 Å². The topological polar surface area (TPSA) is 57.9 Å². The summed E-state index contributed by atoms with van der Waals surface area (Å²) in [7, 11) is -4.20. The van der Waals surface area contributed by atoms with Gasteiger partial charge in [0.05, 0.1) is 16.5 Å². The van der Waals surface area contributed by atoms with Crippen LogP contribution < -0.4 is 0 Å². The Morgan fingerprint density at radius 1 is 1.04 bits per heavy atom. The number of hydrogen-bond donors (Lipinski definition) is 0. The molecule has 0 fully saturated rings. The molecule has 0 aromatic heterocycles. The summed E-state index contributed by atoms with van der Waals surface area (Å²) in [4.78, 5) is -0.378. The first-order valence-electron chi connectivity index (χ1n) is 6.23. The highest BCUT2D eigenvalue weighted by molar-refractivity contribution is 7.92. The monoisotopic (exact) mass is 359 g/mol. The third-order valence-electron chi connectivity index (χ3n) is 3.13. The average Bonchev–Trinajstić information content (AvgIpc) is 2.49. The molecule has 23 heavy (non-hydrogen) atoms. The van der Waals surface area contributed by atoms with Crippen LogP contribution in [0.15, 0.2) is 53.4 Å². The highest BCUT2D eigenvalue weighted by atomic mass is 35.5. The summed E-state index contributed by atoms with van der Waals surface area (Å²) < 4.78 is 62.6. The van der Waals surface area contributed by atoms with Gasteiger partial charge in [-0.3, -0.25) is 0 Å². The van der Waals surface area contributed by atoms with Crippen LogP contribution >= 0.6 is 11.6 Å². The van der Waals surface area contributed by atoms with Crippen molar-refractivity contribution < 1.29 is 21.6 Å². The van der Waals surface area contributed by atoms with Crippen molar-refractivity contribution >= 4 is 21.4 Å². The molecular weight excluding hydrogens is 351 g/mol. The molecule has 3 nitrogen and oxygen atoms in total. The van der Waals surface area contributed by atoms with Crippen molar-refractivity contribution in [2.24, 2.45) is 0 Å². The van der Waals surface area contributed by atoms with E-state index >= 15 is 0 Å². The van der Waals surface area contributed by atoms with Crippen molar-refractivity contribution in [1.29, 1.82) is 5.26 Å². The summed E-state index contributed by atoms with van der Waals surface area (Å²) in [6, 6.07) is 10.6. The van der Waals surface area contributed by atoms with Crippen LogP contribution in [0.3, 0.4) is 0 Å². The third kappa shape index (κ3) is 3.49. The predicted octanol–water partition coefficient (Wildman–Crippen LogP) is 4.40. The van der Waals surface area contributed by atoms with Crippen LogP contribution in [-0.4, -0.2) is 8.42 Å². The van der Waals surface area contributed by atoms with Crippen LogP contribution in [0.1, 0.15) is 16.4 Å². The Balaban J connectivity index is 2.49. The molecule has 0 amide bonds. The van der Waals surface area contributed by atoms with Crippen molar-refractivity contribution in [3.8, 4) is 6.07 Å². The number of halogens is 4. The number of nitrogens with zero attached hydrogens (tertiary/aromatic N) is 1. The van der Waals surface area contributed by atoms with Crippen molar-refractivity contribution in [3.63, 3.8) is 0 Å². The van der Waals surface area contributed by atoms with Crippen molar-refractivity contribution in [3.05, 3.63) is 64.7 Å². The van der Waals surface area contributed by atoms with E-state index < -0.39 is 26.8 Å². The fraction of sp³-hybridized carbons (Fsp3) is 0.133. The maximum atomic E-state index is 12.5. The zero-order valence-electron chi connectivity index (χ0n) is 11.4. The smallest absolute Gasteiger partial charge is 0.222 e. The molecule has 0 N–H and O–H groups in total. The molecular formula is C15H9ClF3NO2S. The number of hydrogen-bond acceptors (Lipinski definition) is 3. The number of nitriles is 1. The van der Waals surface area contributed by atoms with E-state index in [1.54, 1.807) is 12.1 Å². The second-order valence-corrected chi connectivity index (χ2v) is 7.04. The van der Waals surface area contributed by atoms with Gasteiger partial charge in [0.1, 0.15) is 0 Å². The zero-order valence-corrected chi connectivity index (χ0v) is 13.0. The first kappa shape index (κ1) is 17.3. The molecule has 0 saturated heterocycles. The lowest BCUT2D eigenvalue weighted by atomic mass is 10.2. The Bertz CT molecular complexity index is 856. The minimum absolute atomic E-state index is 0.0802. The van der Waals surface area contributed by atoms with Crippen LogP contribution in [0.4, 0.5) is 13.2 Å². The van der Waals surface area contributed by atoms with Gasteiger partial charge in [0.25, 0.3) is 0 Å². The van der Waals surface area contributed by atoms with Crippen LogP contribution in [-0.2, 0) is 16.0 Å². The highest BCUT2D eigenvalue weighted by Gasteiger charge is 2.33. The summed E-state index contributed by atoms with van der Waals surface area (Å²) in [5.41, 5.74) is -0.890. The Hall–Kier alpha value is -2.04. The van der Waals surface area contributed by atoms with Crippen LogP contribution in [0.5, 0.6) is 0 Å². The molecule has 0 aliphatic heterocycles. The van der Waals surface area contributed by atoms with Crippen LogP contribution in [0.2, 0.25) is 5.02 Å². The standard InChI is InChI=1S/C15H9ClF3NO2S/c16-13-4-2-1-3-12(13)14(9-20)23(21,22)11-7-5-10(6-8-11)15(17,18)19/h1-8,14H. The number of alkyl halides is 3. The van der Waals surface area contributed by atoms with Gasteiger partial charge in [0, 0.05) is 10.6 Å². The summed E-state index contributed by atoms with van der Waals surface area (Å²) in [5, 5.41) is 7.71. The fourth-order valence-electron chi connectivity index (χ4n) is 1.96. The van der Waals surface area contributed by atoms with E-state index in [9.17, 15) is 26.9 Å². The maximum absolute atomic E-state index is 12.5. The van der Waals surface area contributed by atoms with Gasteiger partial charge in [0.2, 0.25) is 0 Å². The molecule has 1 unspecified atom stereocenters. The quantitative estimate of drug-likeness (QED) is 0.816. The van der Waals surface area contributed by atoms with Gasteiger partial charge >= 0.3 is 6.18 Å². The summed E-state index contributed by atoms with van der Waals surface area (Å²) in [6.07, 6.45) is -4.57. The number of rotatable bonds is 3. The first-order chi connectivity index (χ1) is 10.7. The Kier molecular flexibility index (Phi) is 4.68. The zero-order chi connectivity index (χ0) is 17.3. The summed E-state index contributed by atoms with van der Waals surface area (Å²) >= 11 is 5.91. The Morgan fingerprint density at radius 2 is 1.61 bits per heavy atom. The highest BCUT2D eigenvalue weighted by Crippen LogP contribution is 2.34. The molecule has 0 aliphatic rings. The molecule has 2 aromatic carbocycles. The molecule has 2 rings (SSSR count). The van der Waals surface area contributed by atoms with E-state index in [2.05, 4.69) is 0 Å². The summed E-state index contributed by atoms with van der Waals surface area (Å²) in [5.74, 6) is 0. The normalized spacial score (nSPS) is 13.3. The molecule has 0 bridgehead atoms. The van der Waals surface area contributed by atoms with Gasteiger partial charge in [-0.05, 0) is 30.3 Å². The lowest BCUT2D eigenvalue weighted by Gasteiger charge is -2.13. The molecule has 0 heterocycles. The Labute approximate surface area is 135 Å².